The van der Waals surface area contributed by atoms with Crippen molar-refractivity contribution in [1.29, 1.82) is 0 Å². The molecule has 3 rings (SSSR count). The van der Waals surface area contributed by atoms with Crippen molar-refractivity contribution in [2.75, 3.05) is 6.61 Å². The molecule has 0 spiro atoms. The number of esters is 1. The molecule has 25 heavy (non-hydrogen) atoms. The van der Waals surface area contributed by atoms with Gasteiger partial charge in [0.2, 0.25) is 0 Å². The first-order chi connectivity index (χ1) is 12.1. The number of para-hydroxylation sites is 1. The van der Waals surface area contributed by atoms with Gasteiger partial charge < -0.3 is 9.72 Å². The summed E-state index contributed by atoms with van der Waals surface area (Å²) in [5, 5.41) is 3.11. The number of carbonyl (C=O) groups is 3. The molecule has 0 aliphatic rings. The van der Waals surface area contributed by atoms with Gasteiger partial charge in [-0.2, -0.15) is 0 Å². The van der Waals surface area contributed by atoms with Gasteiger partial charge in [0.25, 0.3) is 11.8 Å². The van der Waals surface area contributed by atoms with Crippen LogP contribution in [0.3, 0.4) is 0 Å². The number of amides is 2. The molecule has 6 heteroatoms. The number of carbonyl (C=O) groups excluding carboxylic acids is 3. The normalized spacial score (nSPS) is 10.4. The van der Waals surface area contributed by atoms with Crippen LogP contribution < -0.4 is 5.32 Å². The van der Waals surface area contributed by atoms with E-state index in [4.69, 9.17) is 4.74 Å². The van der Waals surface area contributed by atoms with E-state index in [-0.39, 0.29) is 6.42 Å². The van der Waals surface area contributed by atoms with Crippen molar-refractivity contribution >= 4 is 28.7 Å². The zero-order valence-corrected chi connectivity index (χ0v) is 13.3. The number of ether oxygens (including phenoxy) is 1. The van der Waals surface area contributed by atoms with Crippen molar-refractivity contribution in [3.05, 3.63) is 71.9 Å². The fourth-order valence-electron chi connectivity index (χ4n) is 2.45. The van der Waals surface area contributed by atoms with Gasteiger partial charge in [-0.1, -0.05) is 36.4 Å². The highest BCUT2D eigenvalue weighted by atomic mass is 16.5. The minimum atomic E-state index is -0.666. The molecule has 1 heterocycles. The summed E-state index contributed by atoms with van der Waals surface area (Å²) in [5.41, 5.74) is 2.08. The summed E-state index contributed by atoms with van der Waals surface area (Å²) in [5.74, 6) is -1.73. The Kier molecular flexibility index (Phi) is 4.89. The van der Waals surface area contributed by atoms with Crippen LogP contribution in [0.2, 0.25) is 0 Å². The van der Waals surface area contributed by atoms with Crippen molar-refractivity contribution in [3.8, 4) is 0 Å². The smallest absolute Gasteiger partial charge is 0.310 e. The minimum Gasteiger partial charge on any atom is -0.455 e. The van der Waals surface area contributed by atoms with Gasteiger partial charge in [-0.3, -0.25) is 19.7 Å². The van der Waals surface area contributed by atoms with Gasteiger partial charge in [0.15, 0.2) is 6.61 Å². The maximum Gasteiger partial charge on any atom is 0.310 e. The van der Waals surface area contributed by atoms with Crippen LogP contribution in [0.5, 0.6) is 0 Å². The van der Waals surface area contributed by atoms with E-state index in [1.54, 1.807) is 36.5 Å². The molecule has 0 saturated heterocycles. The lowest BCUT2D eigenvalue weighted by molar-refractivity contribution is -0.147. The predicted octanol–water partition coefficient (Wildman–Crippen LogP) is 2.21. The number of imide groups is 1. The zero-order valence-electron chi connectivity index (χ0n) is 13.3. The Labute approximate surface area is 143 Å². The monoisotopic (exact) mass is 336 g/mol. The Morgan fingerprint density at radius 3 is 2.48 bits per heavy atom. The molecule has 126 valence electrons. The summed E-state index contributed by atoms with van der Waals surface area (Å²) >= 11 is 0. The van der Waals surface area contributed by atoms with Gasteiger partial charge in [-0.25, -0.2) is 0 Å². The van der Waals surface area contributed by atoms with Crippen LogP contribution in [0, 0.1) is 0 Å². The van der Waals surface area contributed by atoms with Gasteiger partial charge in [0.1, 0.15) is 0 Å². The van der Waals surface area contributed by atoms with Crippen LogP contribution in [0.4, 0.5) is 0 Å². The quantitative estimate of drug-likeness (QED) is 0.699. The van der Waals surface area contributed by atoms with E-state index in [9.17, 15) is 14.4 Å². The standard InChI is InChI=1S/C19H16N2O4/c22-17(21-19(24)13-6-2-1-3-7-13)12-25-18(23)10-14-11-20-16-9-5-4-8-15(14)16/h1-9,11,20H,10,12H2,(H,21,22,24). The molecule has 0 fully saturated rings. The number of hydrogen-bond acceptors (Lipinski definition) is 4. The topological polar surface area (TPSA) is 88.3 Å². The number of fused-ring (bicyclic) bond motifs is 1. The average molecular weight is 336 g/mol. The molecule has 0 aliphatic carbocycles. The summed E-state index contributed by atoms with van der Waals surface area (Å²) in [6.45, 7) is -0.500. The third-order valence-corrected chi connectivity index (χ3v) is 3.66. The van der Waals surface area contributed by atoms with Crippen molar-refractivity contribution < 1.29 is 19.1 Å². The molecule has 0 unspecified atom stereocenters. The summed E-state index contributed by atoms with van der Waals surface area (Å²) in [4.78, 5) is 38.5. The average Bonchev–Trinajstić information content (AvgIpc) is 3.04. The van der Waals surface area contributed by atoms with Crippen LogP contribution >= 0.6 is 0 Å². The van der Waals surface area contributed by atoms with Crippen molar-refractivity contribution in [1.82, 2.24) is 10.3 Å². The van der Waals surface area contributed by atoms with Crippen LogP contribution in [-0.4, -0.2) is 29.4 Å². The Bertz CT molecular complexity index is 915. The van der Waals surface area contributed by atoms with E-state index in [2.05, 4.69) is 10.3 Å². The summed E-state index contributed by atoms with van der Waals surface area (Å²) in [7, 11) is 0. The maximum atomic E-state index is 11.9. The molecule has 2 N–H and O–H groups in total. The van der Waals surface area contributed by atoms with Crippen molar-refractivity contribution in [2.45, 2.75) is 6.42 Å². The Morgan fingerprint density at radius 2 is 1.68 bits per heavy atom. The van der Waals surface area contributed by atoms with E-state index in [1.165, 1.54) is 0 Å². The molecule has 2 aromatic carbocycles. The molecule has 2 amide bonds. The van der Waals surface area contributed by atoms with Crippen LogP contribution in [-0.2, 0) is 20.7 Å². The first-order valence-corrected chi connectivity index (χ1v) is 7.73. The third kappa shape index (κ3) is 4.11. The van der Waals surface area contributed by atoms with Crippen LogP contribution in [0.25, 0.3) is 10.9 Å². The van der Waals surface area contributed by atoms with Crippen molar-refractivity contribution in [2.24, 2.45) is 0 Å². The Morgan fingerprint density at radius 1 is 0.960 bits per heavy atom. The van der Waals surface area contributed by atoms with E-state index in [1.807, 2.05) is 24.3 Å². The van der Waals surface area contributed by atoms with E-state index in [0.29, 0.717) is 5.56 Å². The highest BCUT2D eigenvalue weighted by molar-refractivity contribution is 6.05. The number of H-pyrrole nitrogens is 1. The van der Waals surface area contributed by atoms with Gasteiger partial charge >= 0.3 is 5.97 Å². The lowest BCUT2D eigenvalue weighted by atomic mass is 10.1. The number of aromatic nitrogens is 1. The number of rotatable bonds is 5. The number of hydrogen-bond donors (Lipinski definition) is 2. The zero-order chi connectivity index (χ0) is 17.6. The lowest BCUT2D eigenvalue weighted by Gasteiger charge is -2.06. The third-order valence-electron chi connectivity index (χ3n) is 3.66. The highest BCUT2D eigenvalue weighted by Crippen LogP contribution is 2.18. The van der Waals surface area contributed by atoms with Gasteiger partial charge in [0.05, 0.1) is 6.42 Å². The molecule has 0 saturated carbocycles. The minimum absolute atomic E-state index is 0.0456. The van der Waals surface area contributed by atoms with E-state index >= 15 is 0 Å². The molecular formula is C19H16N2O4. The molecule has 0 bridgehead atoms. The summed E-state index contributed by atoms with van der Waals surface area (Å²) < 4.78 is 4.95. The number of benzene rings is 2. The first-order valence-electron chi connectivity index (χ1n) is 7.73. The molecular weight excluding hydrogens is 320 g/mol. The molecule has 6 nitrogen and oxygen atoms in total. The molecule has 0 atom stereocenters. The Balaban J connectivity index is 1.50. The largest absolute Gasteiger partial charge is 0.455 e. The van der Waals surface area contributed by atoms with Gasteiger partial charge in [0, 0.05) is 22.7 Å². The maximum absolute atomic E-state index is 11.9. The highest BCUT2D eigenvalue weighted by Gasteiger charge is 2.14. The Hall–Kier alpha value is -3.41. The molecule has 1 aromatic heterocycles. The molecule has 3 aromatic rings. The van der Waals surface area contributed by atoms with Crippen LogP contribution in [0.1, 0.15) is 15.9 Å². The predicted molar refractivity (Wildman–Crippen MR) is 91.9 cm³/mol. The van der Waals surface area contributed by atoms with Crippen molar-refractivity contribution in [3.63, 3.8) is 0 Å². The number of nitrogens with one attached hydrogen (secondary N) is 2. The lowest BCUT2D eigenvalue weighted by Crippen LogP contribution is -2.34. The van der Waals surface area contributed by atoms with Crippen LogP contribution in [0.15, 0.2) is 60.8 Å². The van der Waals surface area contributed by atoms with Gasteiger partial charge in [-0.15, -0.1) is 0 Å². The summed E-state index contributed by atoms with van der Waals surface area (Å²) in [6.07, 6.45) is 1.79. The molecule has 0 aliphatic heterocycles. The number of aromatic amines is 1. The fourth-order valence-corrected chi connectivity index (χ4v) is 2.45. The van der Waals surface area contributed by atoms with Gasteiger partial charge in [-0.05, 0) is 23.8 Å². The SMILES string of the molecule is O=C(COC(=O)Cc1c[nH]c2ccccc12)NC(=O)c1ccccc1. The summed E-state index contributed by atoms with van der Waals surface area (Å²) in [6, 6.07) is 15.9. The first kappa shape index (κ1) is 16.4. The van der Waals surface area contributed by atoms with E-state index in [0.717, 1.165) is 16.5 Å². The second kappa shape index (κ2) is 7.44. The second-order valence-electron chi connectivity index (χ2n) is 5.44. The fraction of sp³-hybridized carbons (Fsp3) is 0.105. The second-order valence-corrected chi connectivity index (χ2v) is 5.44. The van der Waals surface area contributed by atoms with E-state index < -0.39 is 24.4 Å². The molecule has 0 radical (unpaired) electrons.